The summed E-state index contributed by atoms with van der Waals surface area (Å²) in [7, 11) is 1.57. The topological polar surface area (TPSA) is 72.6 Å². The number of hydrogen-bond donors (Lipinski definition) is 1. The molecule has 0 saturated heterocycles. The van der Waals surface area contributed by atoms with Crippen molar-refractivity contribution < 1.29 is 13.2 Å². The molecule has 0 aliphatic heterocycles. The maximum Gasteiger partial charge on any atom is 0.177 e. The molecule has 0 aromatic carbocycles. The third-order valence-electron chi connectivity index (χ3n) is 1.39. The van der Waals surface area contributed by atoms with Gasteiger partial charge in [0.05, 0.1) is 17.8 Å². The van der Waals surface area contributed by atoms with Crippen molar-refractivity contribution in [2.75, 3.05) is 33.6 Å². The molecule has 0 atom stereocenters. The van der Waals surface area contributed by atoms with Crippen molar-refractivity contribution in [3.05, 3.63) is 11.2 Å². The number of rotatable bonds is 5. The molecular weight excluding hydrogens is 192 g/mol. The van der Waals surface area contributed by atoms with E-state index >= 15 is 0 Å². The molecule has 6 heteroatoms. The van der Waals surface area contributed by atoms with Gasteiger partial charge < -0.3 is 15.4 Å². The number of nitrogens with zero attached hydrogens (tertiary/aromatic N) is 1. The summed E-state index contributed by atoms with van der Waals surface area (Å²) in [6, 6.07) is 0. The molecule has 0 aliphatic carbocycles. The fourth-order valence-electron chi connectivity index (χ4n) is 0.548. The first-order chi connectivity index (χ1) is 5.89. The minimum absolute atomic E-state index is 0.0436. The van der Waals surface area contributed by atoms with E-state index in [1.54, 1.807) is 14.1 Å². The summed E-state index contributed by atoms with van der Waals surface area (Å²) < 4.78 is 27.1. The van der Waals surface area contributed by atoms with Gasteiger partial charge in [-0.25, -0.2) is 8.42 Å². The Balaban J connectivity index is 4.40. The zero-order chi connectivity index (χ0) is 10.5. The van der Waals surface area contributed by atoms with Crippen molar-refractivity contribution >= 4 is 9.84 Å². The van der Waals surface area contributed by atoms with E-state index < -0.39 is 9.84 Å². The van der Waals surface area contributed by atoms with Gasteiger partial charge in [-0.15, -0.1) is 0 Å². The smallest absolute Gasteiger partial charge is 0.177 e. The zero-order valence-electron chi connectivity index (χ0n) is 8.15. The Morgan fingerprint density at radius 2 is 2.08 bits per heavy atom. The summed E-state index contributed by atoms with van der Waals surface area (Å²) in [6.07, 6.45) is 0. The highest BCUT2D eigenvalue weighted by molar-refractivity contribution is 7.94. The van der Waals surface area contributed by atoms with E-state index in [1.165, 1.54) is 12.0 Å². The van der Waals surface area contributed by atoms with Crippen LogP contribution in [0.15, 0.2) is 11.2 Å². The molecule has 0 aromatic heterocycles. The average Bonchev–Trinajstić information content (AvgIpc) is 2.00. The fraction of sp³-hybridized carbons (Fsp3) is 0.714. The molecule has 0 spiro atoms. The molecule has 0 bridgehead atoms. The van der Waals surface area contributed by atoms with E-state index in [2.05, 4.69) is 4.74 Å². The Kier molecular flexibility index (Phi) is 4.79. The summed E-state index contributed by atoms with van der Waals surface area (Å²) in [5, 5.41) is 1.05. The SMILES string of the molecule is COCCS(=O)(=O)C=C(N)N(C)C. The fourth-order valence-corrected chi connectivity index (χ4v) is 1.64. The highest BCUT2D eigenvalue weighted by atomic mass is 32.2. The van der Waals surface area contributed by atoms with Crippen LogP contribution in [0.1, 0.15) is 0 Å². The number of methoxy groups -OCH3 is 1. The number of sulfone groups is 1. The first kappa shape index (κ1) is 12.2. The van der Waals surface area contributed by atoms with Crippen molar-refractivity contribution in [3.8, 4) is 0 Å². The first-order valence-electron chi connectivity index (χ1n) is 3.75. The van der Waals surface area contributed by atoms with Gasteiger partial charge in [0.1, 0.15) is 5.82 Å². The summed E-state index contributed by atoms with van der Waals surface area (Å²) in [5.74, 6) is 0.175. The van der Waals surface area contributed by atoms with E-state index in [-0.39, 0.29) is 18.2 Å². The molecule has 0 rings (SSSR count). The van der Waals surface area contributed by atoms with Gasteiger partial charge in [0.15, 0.2) is 9.84 Å². The van der Waals surface area contributed by atoms with Crippen molar-refractivity contribution in [2.45, 2.75) is 0 Å². The highest BCUT2D eigenvalue weighted by Gasteiger charge is 2.08. The molecule has 0 saturated carbocycles. The Bertz CT molecular complexity index is 269. The van der Waals surface area contributed by atoms with E-state index in [0.29, 0.717) is 0 Å². The van der Waals surface area contributed by atoms with Gasteiger partial charge in [0.25, 0.3) is 0 Å². The van der Waals surface area contributed by atoms with Crippen LogP contribution in [-0.4, -0.2) is 46.9 Å². The van der Waals surface area contributed by atoms with Crippen molar-refractivity contribution in [1.82, 2.24) is 4.90 Å². The molecule has 0 fully saturated rings. The normalized spacial score (nSPS) is 13.0. The Morgan fingerprint density at radius 3 is 2.46 bits per heavy atom. The molecule has 0 unspecified atom stereocenters. The molecule has 0 amide bonds. The zero-order valence-corrected chi connectivity index (χ0v) is 8.97. The minimum Gasteiger partial charge on any atom is -0.385 e. The lowest BCUT2D eigenvalue weighted by atomic mass is 10.7. The standard InChI is InChI=1S/C7H16N2O3S/c1-9(2)7(8)6-13(10,11)5-4-12-3/h6H,4-5,8H2,1-3H3. The van der Waals surface area contributed by atoms with Gasteiger partial charge >= 0.3 is 0 Å². The van der Waals surface area contributed by atoms with Gasteiger partial charge in [0, 0.05) is 21.2 Å². The number of nitrogens with two attached hydrogens (primary N) is 1. The maximum atomic E-state index is 11.2. The van der Waals surface area contributed by atoms with Crippen molar-refractivity contribution in [2.24, 2.45) is 5.73 Å². The second-order valence-electron chi connectivity index (χ2n) is 2.80. The summed E-state index contributed by atoms with van der Waals surface area (Å²) in [4.78, 5) is 1.53. The molecule has 13 heavy (non-hydrogen) atoms. The molecule has 0 aliphatic rings. The lowest BCUT2D eigenvalue weighted by Crippen LogP contribution is -2.21. The second kappa shape index (κ2) is 5.08. The van der Waals surface area contributed by atoms with Crippen LogP contribution in [0, 0.1) is 0 Å². The first-order valence-corrected chi connectivity index (χ1v) is 5.47. The van der Waals surface area contributed by atoms with Gasteiger partial charge in [-0.1, -0.05) is 0 Å². The summed E-state index contributed by atoms with van der Waals surface area (Å²) in [5.41, 5.74) is 5.44. The predicted octanol–water partition coefficient (Wildman–Crippen LogP) is -0.633. The van der Waals surface area contributed by atoms with Crippen LogP contribution < -0.4 is 5.73 Å². The number of hydrogen-bond acceptors (Lipinski definition) is 5. The lowest BCUT2D eigenvalue weighted by Gasteiger charge is -2.11. The van der Waals surface area contributed by atoms with Crippen molar-refractivity contribution in [3.63, 3.8) is 0 Å². The quantitative estimate of drug-likeness (QED) is 0.651. The monoisotopic (exact) mass is 208 g/mol. The molecule has 78 valence electrons. The molecule has 0 heterocycles. The summed E-state index contributed by atoms with van der Waals surface area (Å²) >= 11 is 0. The Labute approximate surface area is 79.1 Å². The van der Waals surface area contributed by atoms with Crippen LogP contribution in [-0.2, 0) is 14.6 Å². The molecule has 2 N–H and O–H groups in total. The largest absolute Gasteiger partial charge is 0.385 e. The van der Waals surface area contributed by atoms with E-state index in [0.717, 1.165) is 5.41 Å². The van der Waals surface area contributed by atoms with Crippen LogP contribution in [0.2, 0.25) is 0 Å². The summed E-state index contributed by atoms with van der Waals surface area (Å²) in [6.45, 7) is 0.180. The molecule has 0 aromatic rings. The average molecular weight is 208 g/mol. The Hall–Kier alpha value is -0.750. The van der Waals surface area contributed by atoms with E-state index in [1.807, 2.05) is 0 Å². The van der Waals surface area contributed by atoms with Gasteiger partial charge in [0.2, 0.25) is 0 Å². The Morgan fingerprint density at radius 1 is 1.54 bits per heavy atom. The molecule has 5 nitrogen and oxygen atoms in total. The third kappa shape index (κ3) is 5.48. The lowest BCUT2D eigenvalue weighted by molar-refractivity contribution is 0.217. The van der Waals surface area contributed by atoms with Gasteiger partial charge in [-0.05, 0) is 0 Å². The third-order valence-corrected chi connectivity index (χ3v) is 2.72. The van der Waals surface area contributed by atoms with Crippen LogP contribution >= 0.6 is 0 Å². The second-order valence-corrected chi connectivity index (χ2v) is 4.77. The molecular formula is C7H16N2O3S. The number of ether oxygens (including phenoxy) is 1. The van der Waals surface area contributed by atoms with E-state index in [9.17, 15) is 8.42 Å². The van der Waals surface area contributed by atoms with Crippen LogP contribution in [0.25, 0.3) is 0 Å². The van der Waals surface area contributed by atoms with Crippen molar-refractivity contribution in [1.29, 1.82) is 0 Å². The highest BCUT2D eigenvalue weighted by Crippen LogP contribution is 1.97. The van der Waals surface area contributed by atoms with Crippen LogP contribution in [0.3, 0.4) is 0 Å². The van der Waals surface area contributed by atoms with Crippen LogP contribution in [0.5, 0.6) is 0 Å². The minimum atomic E-state index is -3.24. The van der Waals surface area contributed by atoms with Crippen LogP contribution in [0.4, 0.5) is 0 Å². The van der Waals surface area contributed by atoms with E-state index in [4.69, 9.17) is 5.73 Å². The maximum absolute atomic E-state index is 11.2. The predicted molar refractivity (Wildman–Crippen MR) is 51.6 cm³/mol. The van der Waals surface area contributed by atoms with Gasteiger partial charge in [-0.2, -0.15) is 0 Å². The van der Waals surface area contributed by atoms with Gasteiger partial charge in [-0.3, -0.25) is 0 Å². The molecule has 0 radical (unpaired) electrons.